The van der Waals surface area contributed by atoms with E-state index in [4.69, 9.17) is 4.74 Å². The fourth-order valence-corrected chi connectivity index (χ4v) is 2.99. The van der Waals surface area contributed by atoms with Crippen molar-refractivity contribution in [2.75, 3.05) is 0 Å². The van der Waals surface area contributed by atoms with Crippen LogP contribution in [0.15, 0.2) is 30.5 Å². The monoisotopic (exact) mass is 331 g/mol. The molecule has 3 rings (SSSR count). The van der Waals surface area contributed by atoms with Crippen LogP contribution in [0, 0.1) is 6.92 Å². The van der Waals surface area contributed by atoms with Gasteiger partial charge in [-0.15, -0.1) is 0 Å². The van der Waals surface area contributed by atoms with Crippen LogP contribution in [0.1, 0.15) is 35.1 Å². The molecule has 0 aliphatic heterocycles. The third-order valence-electron chi connectivity index (χ3n) is 3.78. The number of fused-ring (bicyclic) bond motifs is 1. The van der Waals surface area contributed by atoms with Gasteiger partial charge in [-0.05, 0) is 67.5 Å². The number of hydrogen-bond acceptors (Lipinski definition) is 2. The molecule has 0 unspecified atom stereocenters. The zero-order valence-electron chi connectivity index (χ0n) is 11.7. The van der Waals surface area contributed by atoms with Crippen molar-refractivity contribution in [3.05, 3.63) is 52.7 Å². The van der Waals surface area contributed by atoms with E-state index in [2.05, 4.69) is 45.2 Å². The van der Waals surface area contributed by atoms with Crippen LogP contribution in [0.2, 0.25) is 0 Å². The summed E-state index contributed by atoms with van der Waals surface area (Å²) >= 11 is 3.44. The number of hydrogen-bond donors (Lipinski definition) is 0. The third-order valence-corrected chi connectivity index (χ3v) is 4.42. The molecule has 1 aliphatic rings. The Morgan fingerprint density at radius 1 is 1.15 bits per heavy atom. The van der Waals surface area contributed by atoms with Gasteiger partial charge in [0.2, 0.25) is 5.88 Å². The maximum Gasteiger partial charge on any atom is 0.222 e. The summed E-state index contributed by atoms with van der Waals surface area (Å²) in [6.45, 7) is 2.03. The van der Waals surface area contributed by atoms with E-state index in [1.165, 1.54) is 42.4 Å². The van der Waals surface area contributed by atoms with Crippen molar-refractivity contribution in [3.63, 3.8) is 0 Å². The Bertz CT molecular complexity index is 624. The van der Waals surface area contributed by atoms with Gasteiger partial charge in [0.05, 0.1) is 0 Å². The topological polar surface area (TPSA) is 22.1 Å². The number of benzene rings is 1. The third kappa shape index (κ3) is 2.88. The Balaban J connectivity index is 1.84. The van der Waals surface area contributed by atoms with E-state index in [9.17, 15) is 0 Å². The van der Waals surface area contributed by atoms with Crippen molar-refractivity contribution >= 4 is 15.9 Å². The largest absolute Gasteiger partial charge is 0.439 e. The summed E-state index contributed by atoms with van der Waals surface area (Å²) in [6.07, 6.45) is 6.82. The number of aryl methyl sites for hydroxylation is 3. The van der Waals surface area contributed by atoms with E-state index >= 15 is 0 Å². The van der Waals surface area contributed by atoms with Gasteiger partial charge in [-0.2, -0.15) is 0 Å². The molecule has 1 aliphatic carbocycles. The smallest absolute Gasteiger partial charge is 0.222 e. The summed E-state index contributed by atoms with van der Waals surface area (Å²) in [7, 11) is 0. The SMILES string of the molecule is Cc1cc(CBr)cnc1Oc1ccc2c(c1)CCCC2. The average molecular weight is 332 g/mol. The van der Waals surface area contributed by atoms with Crippen LogP contribution in [0.3, 0.4) is 0 Å². The van der Waals surface area contributed by atoms with Gasteiger partial charge in [0, 0.05) is 17.1 Å². The molecule has 0 spiro atoms. The standard InChI is InChI=1S/C17H18BrNO/c1-12-8-13(10-18)11-19-17(12)20-16-7-6-14-4-2-3-5-15(14)9-16/h6-9,11H,2-5,10H2,1H3. The number of pyridine rings is 1. The number of alkyl halides is 1. The van der Waals surface area contributed by atoms with E-state index in [1.54, 1.807) is 0 Å². The first-order valence-corrected chi connectivity index (χ1v) is 8.19. The molecule has 0 atom stereocenters. The van der Waals surface area contributed by atoms with Crippen LogP contribution in [0.5, 0.6) is 11.6 Å². The maximum absolute atomic E-state index is 5.95. The van der Waals surface area contributed by atoms with Crippen LogP contribution in [0.4, 0.5) is 0 Å². The van der Waals surface area contributed by atoms with Crippen LogP contribution >= 0.6 is 15.9 Å². The van der Waals surface area contributed by atoms with Crippen LogP contribution < -0.4 is 4.74 Å². The van der Waals surface area contributed by atoms with Gasteiger partial charge >= 0.3 is 0 Å². The first-order valence-electron chi connectivity index (χ1n) is 7.07. The lowest BCUT2D eigenvalue weighted by Gasteiger charge is -2.17. The molecule has 1 aromatic heterocycles. The van der Waals surface area contributed by atoms with E-state index in [0.717, 1.165) is 16.6 Å². The maximum atomic E-state index is 5.95. The van der Waals surface area contributed by atoms with Crippen LogP contribution in [-0.4, -0.2) is 4.98 Å². The van der Waals surface area contributed by atoms with E-state index < -0.39 is 0 Å². The first-order chi connectivity index (χ1) is 9.76. The number of aromatic nitrogens is 1. The second-order valence-corrected chi connectivity index (χ2v) is 5.90. The highest BCUT2D eigenvalue weighted by Gasteiger charge is 2.11. The van der Waals surface area contributed by atoms with Gasteiger partial charge in [0.1, 0.15) is 5.75 Å². The van der Waals surface area contributed by atoms with Crippen molar-refractivity contribution < 1.29 is 4.74 Å². The molecule has 0 amide bonds. The molecule has 104 valence electrons. The minimum Gasteiger partial charge on any atom is -0.439 e. The lowest BCUT2D eigenvalue weighted by molar-refractivity contribution is 0.457. The highest BCUT2D eigenvalue weighted by atomic mass is 79.9. The fraction of sp³-hybridized carbons (Fsp3) is 0.353. The predicted molar refractivity (Wildman–Crippen MR) is 84.8 cm³/mol. The highest BCUT2D eigenvalue weighted by molar-refractivity contribution is 9.08. The van der Waals surface area contributed by atoms with E-state index in [1.807, 2.05) is 13.1 Å². The van der Waals surface area contributed by atoms with E-state index in [0.29, 0.717) is 5.88 Å². The van der Waals surface area contributed by atoms with Gasteiger partial charge in [0.25, 0.3) is 0 Å². The zero-order chi connectivity index (χ0) is 13.9. The summed E-state index contributed by atoms with van der Waals surface area (Å²) in [6, 6.07) is 8.54. The Labute approximate surface area is 128 Å². The fourth-order valence-electron chi connectivity index (χ4n) is 2.69. The molecule has 0 radical (unpaired) electrons. The Morgan fingerprint density at radius 3 is 2.70 bits per heavy atom. The molecule has 1 heterocycles. The Hall–Kier alpha value is -1.35. The second kappa shape index (κ2) is 5.96. The Kier molecular flexibility index (Phi) is 4.06. The molecule has 2 aromatic rings. The van der Waals surface area contributed by atoms with Crippen molar-refractivity contribution in [1.29, 1.82) is 0 Å². The molecule has 20 heavy (non-hydrogen) atoms. The highest BCUT2D eigenvalue weighted by Crippen LogP contribution is 2.29. The molecule has 0 fully saturated rings. The second-order valence-electron chi connectivity index (χ2n) is 5.34. The lowest BCUT2D eigenvalue weighted by atomic mass is 9.92. The van der Waals surface area contributed by atoms with E-state index in [-0.39, 0.29) is 0 Å². The molecular formula is C17H18BrNO. The number of nitrogens with zero attached hydrogens (tertiary/aromatic N) is 1. The van der Waals surface area contributed by atoms with Crippen molar-refractivity contribution in [2.45, 2.75) is 37.9 Å². The normalized spacial score (nSPS) is 13.9. The van der Waals surface area contributed by atoms with Gasteiger partial charge < -0.3 is 4.74 Å². The quantitative estimate of drug-likeness (QED) is 0.742. The summed E-state index contributed by atoms with van der Waals surface area (Å²) in [5.41, 5.74) is 5.14. The molecule has 1 aromatic carbocycles. The first kappa shape index (κ1) is 13.6. The van der Waals surface area contributed by atoms with Crippen molar-refractivity contribution in [3.8, 4) is 11.6 Å². The van der Waals surface area contributed by atoms with Crippen LogP contribution in [0.25, 0.3) is 0 Å². The Morgan fingerprint density at radius 2 is 1.95 bits per heavy atom. The molecule has 0 saturated heterocycles. The molecule has 3 heteroatoms. The lowest BCUT2D eigenvalue weighted by Crippen LogP contribution is -2.02. The van der Waals surface area contributed by atoms with Gasteiger partial charge in [0.15, 0.2) is 0 Å². The predicted octanol–water partition coefficient (Wildman–Crippen LogP) is 4.96. The van der Waals surface area contributed by atoms with Crippen LogP contribution in [-0.2, 0) is 18.2 Å². The average Bonchev–Trinajstić information content (AvgIpc) is 2.49. The molecule has 0 bridgehead atoms. The minimum atomic E-state index is 0.699. The van der Waals surface area contributed by atoms with Crippen molar-refractivity contribution in [1.82, 2.24) is 4.98 Å². The van der Waals surface area contributed by atoms with Gasteiger partial charge in [-0.1, -0.05) is 22.0 Å². The zero-order valence-corrected chi connectivity index (χ0v) is 13.2. The summed E-state index contributed by atoms with van der Waals surface area (Å²) in [4.78, 5) is 4.40. The number of rotatable bonds is 3. The number of ether oxygens (including phenoxy) is 1. The number of halogens is 1. The molecular weight excluding hydrogens is 314 g/mol. The molecule has 2 nitrogen and oxygen atoms in total. The summed E-state index contributed by atoms with van der Waals surface area (Å²) in [5, 5.41) is 0.819. The minimum absolute atomic E-state index is 0.699. The van der Waals surface area contributed by atoms with Crippen molar-refractivity contribution in [2.24, 2.45) is 0 Å². The summed E-state index contributed by atoms with van der Waals surface area (Å²) in [5.74, 6) is 1.60. The summed E-state index contributed by atoms with van der Waals surface area (Å²) < 4.78 is 5.95. The molecule has 0 saturated carbocycles. The molecule has 0 N–H and O–H groups in total. The van der Waals surface area contributed by atoms with Gasteiger partial charge in [-0.25, -0.2) is 4.98 Å². The van der Waals surface area contributed by atoms with Gasteiger partial charge in [-0.3, -0.25) is 0 Å².